The monoisotopic (exact) mass is 378 g/mol. The summed E-state index contributed by atoms with van der Waals surface area (Å²) in [7, 11) is 0. The van der Waals surface area contributed by atoms with Gasteiger partial charge in [0.2, 0.25) is 5.88 Å². The molecule has 3 heterocycles. The molecule has 0 saturated carbocycles. The number of ether oxygens (including phenoxy) is 1. The first-order chi connectivity index (χ1) is 13.3. The second-order valence-corrected chi connectivity index (χ2v) is 6.33. The van der Waals surface area contributed by atoms with Gasteiger partial charge in [0.25, 0.3) is 0 Å². The number of carbonyl (C=O) groups excluding carboxylic acids is 1. The molecule has 0 aliphatic heterocycles. The summed E-state index contributed by atoms with van der Waals surface area (Å²) in [6.07, 6.45) is 5.10. The minimum absolute atomic E-state index is 0.299. The van der Waals surface area contributed by atoms with Gasteiger partial charge in [-0.2, -0.15) is 0 Å². The van der Waals surface area contributed by atoms with Crippen molar-refractivity contribution in [1.82, 2.24) is 19.7 Å². The molecule has 0 aliphatic carbocycles. The molecule has 2 amide bonds. The lowest BCUT2D eigenvalue weighted by atomic mass is 10.3. The molecule has 0 radical (unpaired) electrons. The van der Waals surface area contributed by atoms with Gasteiger partial charge in [-0.05, 0) is 47.8 Å². The van der Waals surface area contributed by atoms with Crippen molar-refractivity contribution in [3.63, 3.8) is 0 Å². The number of rotatable bonds is 5. The van der Waals surface area contributed by atoms with Crippen LogP contribution >= 0.6 is 11.3 Å². The van der Waals surface area contributed by atoms with E-state index in [0.29, 0.717) is 23.1 Å². The van der Waals surface area contributed by atoms with Crippen LogP contribution in [0.4, 0.5) is 15.5 Å². The summed E-state index contributed by atoms with van der Waals surface area (Å²) >= 11 is 1.46. The first-order valence-corrected chi connectivity index (χ1v) is 8.86. The normalized spacial score (nSPS) is 10.4. The number of thiophene rings is 1. The summed E-state index contributed by atoms with van der Waals surface area (Å²) in [5, 5.41) is 16.3. The Hall–Kier alpha value is -3.72. The summed E-state index contributed by atoms with van der Waals surface area (Å²) in [5.41, 5.74) is 0.651. The van der Waals surface area contributed by atoms with Crippen molar-refractivity contribution >= 4 is 28.1 Å². The Bertz CT molecular complexity index is 999. The largest absolute Gasteiger partial charge is 0.438 e. The zero-order valence-corrected chi connectivity index (χ0v) is 14.8. The number of anilines is 2. The van der Waals surface area contributed by atoms with Gasteiger partial charge in [-0.1, -0.05) is 0 Å². The van der Waals surface area contributed by atoms with Gasteiger partial charge >= 0.3 is 6.03 Å². The molecular weight excluding hydrogens is 364 g/mol. The molecule has 4 aromatic rings. The molecule has 0 aliphatic rings. The molecule has 4 rings (SSSR count). The maximum atomic E-state index is 11.9. The highest BCUT2D eigenvalue weighted by molar-refractivity contribution is 7.14. The lowest BCUT2D eigenvalue weighted by molar-refractivity contribution is 0.262. The van der Waals surface area contributed by atoms with Crippen LogP contribution in [-0.4, -0.2) is 25.8 Å². The second kappa shape index (κ2) is 7.67. The molecule has 9 heteroatoms. The van der Waals surface area contributed by atoms with E-state index in [4.69, 9.17) is 4.74 Å². The zero-order chi connectivity index (χ0) is 18.5. The van der Waals surface area contributed by atoms with Crippen LogP contribution in [0.3, 0.4) is 0 Å². The fourth-order valence-electron chi connectivity index (χ4n) is 2.25. The number of nitrogens with zero attached hydrogens (tertiary/aromatic N) is 4. The number of hydrogen-bond acceptors (Lipinski definition) is 6. The third-order valence-corrected chi connectivity index (χ3v) is 4.27. The number of aromatic nitrogens is 4. The van der Waals surface area contributed by atoms with Crippen LogP contribution in [0.15, 0.2) is 72.6 Å². The fraction of sp³-hybridized carbons (Fsp3) is 0. The van der Waals surface area contributed by atoms with E-state index < -0.39 is 0 Å². The van der Waals surface area contributed by atoms with Crippen LogP contribution in [0.2, 0.25) is 0 Å². The predicted octanol–water partition coefficient (Wildman–Crippen LogP) is 4.16. The molecule has 0 saturated heterocycles. The fourth-order valence-corrected chi connectivity index (χ4v) is 2.86. The summed E-state index contributed by atoms with van der Waals surface area (Å²) < 4.78 is 7.42. The average Bonchev–Trinajstić information content (AvgIpc) is 3.38. The average molecular weight is 378 g/mol. The Morgan fingerprint density at radius 2 is 1.93 bits per heavy atom. The van der Waals surface area contributed by atoms with E-state index in [1.54, 1.807) is 59.7 Å². The summed E-state index contributed by atoms with van der Waals surface area (Å²) in [5.74, 6) is 1.61. The second-order valence-electron chi connectivity index (χ2n) is 5.38. The number of carbonyl (C=O) groups is 1. The summed E-state index contributed by atoms with van der Waals surface area (Å²) in [6, 6.07) is 13.9. The standard InChI is InChI=1S/C18H14N6O2S/c25-18(21-17-2-1-11-27-17)20-13-3-5-14(6-4-13)26-16-8-7-15(22-23-16)24-10-9-19-12-24/h1-12H,(H2,20,21,25). The van der Waals surface area contributed by atoms with Crippen LogP contribution in [0.1, 0.15) is 0 Å². The van der Waals surface area contributed by atoms with Gasteiger partial charge in [0, 0.05) is 24.1 Å². The molecule has 3 aromatic heterocycles. The predicted molar refractivity (Wildman–Crippen MR) is 103 cm³/mol. The highest BCUT2D eigenvalue weighted by Crippen LogP contribution is 2.22. The number of amides is 2. The highest BCUT2D eigenvalue weighted by atomic mass is 32.1. The van der Waals surface area contributed by atoms with E-state index in [0.717, 1.165) is 5.00 Å². The van der Waals surface area contributed by atoms with Gasteiger partial charge < -0.3 is 10.1 Å². The van der Waals surface area contributed by atoms with E-state index in [2.05, 4.69) is 25.8 Å². The van der Waals surface area contributed by atoms with Gasteiger partial charge in [0.1, 0.15) is 12.1 Å². The smallest absolute Gasteiger partial charge is 0.324 e. The lowest BCUT2D eigenvalue weighted by Gasteiger charge is -2.08. The number of nitrogens with one attached hydrogen (secondary N) is 2. The van der Waals surface area contributed by atoms with Crippen molar-refractivity contribution in [1.29, 1.82) is 0 Å². The maximum absolute atomic E-state index is 11.9. The van der Waals surface area contributed by atoms with Crippen LogP contribution in [-0.2, 0) is 0 Å². The van der Waals surface area contributed by atoms with Gasteiger partial charge in [0.15, 0.2) is 5.82 Å². The van der Waals surface area contributed by atoms with Crippen LogP contribution in [0.25, 0.3) is 5.82 Å². The molecular formula is C18H14N6O2S. The Kier molecular flexibility index (Phi) is 4.75. The molecule has 0 bridgehead atoms. The Morgan fingerprint density at radius 1 is 1.04 bits per heavy atom. The molecule has 0 unspecified atom stereocenters. The van der Waals surface area contributed by atoms with Gasteiger partial charge in [-0.15, -0.1) is 21.5 Å². The third-order valence-electron chi connectivity index (χ3n) is 3.49. The molecule has 134 valence electrons. The molecule has 27 heavy (non-hydrogen) atoms. The summed E-state index contributed by atoms with van der Waals surface area (Å²) in [6.45, 7) is 0. The quantitative estimate of drug-likeness (QED) is 0.544. The number of urea groups is 1. The molecule has 0 atom stereocenters. The van der Waals surface area contributed by atoms with Gasteiger partial charge in [-0.3, -0.25) is 9.88 Å². The lowest BCUT2D eigenvalue weighted by Crippen LogP contribution is -2.18. The number of benzene rings is 1. The molecule has 8 nitrogen and oxygen atoms in total. The van der Waals surface area contributed by atoms with Crippen LogP contribution in [0, 0.1) is 0 Å². The topological polar surface area (TPSA) is 94.0 Å². The molecule has 0 spiro atoms. The first-order valence-electron chi connectivity index (χ1n) is 7.98. The number of imidazole rings is 1. The summed E-state index contributed by atoms with van der Waals surface area (Å²) in [4.78, 5) is 15.9. The van der Waals surface area contributed by atoms with E-state index in [1.807, 2.05) is 17.5 Å². The zero-order valence-electron chi connectivity index (χ0n) is 13.9. The molecule has 1 aromatic carbocycles. The first kappa shape index (κ1) is 16.7. The van der Waals surface area contributed by atoms with Crippen molar-refractivity contribution < 1.29 is 9.53 Å². The highest BCUT2D eigenvalue weighted by Gasteiger charge is 2.05. The van der Waals surface area contributed by atoms with Crippen molar-refractivity contribution in [3.05, 3.63) is 72.6 Å². The number of hydrogen-bond donors (Lipinski definition) is 2. The van der Waals surface area contributed by atoms with Crippen molar-refractivity contribution in [2.24, 2.45) is 0 Å². The van der Waals surface area contributed by atoms with Crippen molar-refractivity contribution in [2.45, 2.75) is 0 Å². The minimum atomic E-state index is -0.299. The van der Waals surface area contributed by atoms with Crippen molar-refractivity contribution in [2.75, 3.05) is 10.6 Å². The van der Waals surface area contributed by atoms with E-state index >= 15 is 0 Å². The SMILES string of the molecule is O=C(Nc1ccc(Oc2ccc(-n3ccnc3)nn2)cc1)Nc1cccs1. The van der Waals surface area contributed by atoms with E-state index in [9.17, 15) is 4.79 Å². The molecule has 2 N–H and O–H groups in total. The van der Waals surface area contributed by atoms with Gasteiger partial charge in [-0.25, -0.2) is 9.78 Å². The van der Waals surface area contributed by atoms with Crippen molar-refractivity contribution in [3.8, 4) is 17.4 Å². The van der Waals surface area contributed by atoms with Crippen LogP contribution < -0.4 is 15.4 Å². The van der Waals surface area contributed by atoms with Crippen LogP contribution in [0.5, 0.6) is 11.6 Å². The van der Waals surface area contributed by atoms with E-state index in [1.165, 1.54) is 11.3 Å². The Balaban J connectivity index is 1.35. The maximum Gasteiger partial charge on any atom is 0.324 e. The van der Waals surface area contributed by atoms with Gasteiger partial charge in [0.05, 0.1) is 5.00 Å². The minimum Gasteiger partial charge on any atom is -0.438 e. The Morgan fingerprint density at radius 3 is 2.59 bits per heavy atom. The molecule has 0 fully saturated rings. The Labute approximate surface area is 158 Å². The van der Waals surface area contributed by atoms with E-state index in [-0.39, 0.29) is 6.03 Å². The third kappa shape index (κ3) is 4.28.